The van der Waals surface area contributed by atoms with E-state index in [2.05, 4.69) is 25.2 Å². The number of piperazine rings is 1. The second-order valence-electron chi connectivity index (χ2n) is 8.62. The summed E-state index contributed by atoms with van der Waals surface area (Å²) in [5.74, 6) is 0.237. The third-order valence-electron chi connectivity index (χ3n) is 6.16. The Morgan fingerprint density at radius 1 is 1.00 bits per heavy atom. The Kier molecular flexibility index (Phi) is 9.36. The van der Waals surface area contributed by atoms with Crippen LogP contribution >= 0.6 is 23.2 Å². The van der Waals surface area contributed by atoms with Crippen molar-refractivity contribution in [2.75, 3.05) is 46.1 Å². The minimum Gasteiger partial charge on any atom is -0.495 e. The zero-order valence-corrected chi connectivity index (χ0v) is 23.0. The number of anilines is 1. The number of nitrogen functional groups attached to an aromatic ring is 1. The molecule has 4 aromatic rings. The summed E-state index contributed by atoms with van der Waals surface area (Å²) in [4.78, 5) is 26.3. The Labute approximate surface area is 235 Å². The van der Waals surface area contributed by atoms with E-state index in [0.717, 1.165) is 32.7 Å². The molecule has 204 valence electrons. The number of aromatic nitrogens is 3. The number of ether oxygens (including phenoxy) is 2. The average molecular weight is 571 g/mol. The molecule has 5 rings (SSSR count). The topological polar surface area (TPSA) is 136 Å². The number of rotatable bonds is 6. The SMILES string of the molecule is COc1cc(OC)c(Cl)c(-c2ccc(C(=O)O)c3nccnc23)c1Cl.Nc1ccc(CN2CCNCC2)cn1. The van der Waals surface area contributed by atoms with Gasteiger partial charge in [-0.1, -0.05) is 35.3 Å². The predicted molar refractivity (Wildman–Crippen MR) is 152 cm³/mol. The van der Waals surface area contributed by atoms with Gasteiger partial charge in [0.05, 0.1) is 35.3 Å². The summed E-state index contributed by atoms with van der Waals surface area (Å²) in [5.41, 5.74) is 8.36. The van der Waals surface area contributed by atoms with Crippen LogP contribution < -0.4 is 20.5 Å². The van der Waals surface area contributed by atoms with Crippen molar-refractivity contribution in [3.05, 3.63) is 70.1 Å². The number of aromatic carboxylic acids is 1. The van der Waals surface area contributed by atoms with Crippen LogP contribution in [0.5, 0.6) is 11.5 Å². The van der Waals surface area contributed by atoms with Gasteiger partial charge in [-0.05, 0) is 17.7 Å². The van der Waals surface area contributed by atoms with Crippen LogP contribution in [0.15, 0.2) is 48.9 Å². The quantitative estimate of drug-likeness (QED) is 0.306. The van der Waals surface area contributed by atoms with E-state index in [1.807, 2.05) is 18.3 Å². The molecule has 2 aromatic heterocycles. The van der Waals surface area contributed by atoms with Crippen LogP contribution in [0.1, 0.15) is 15.9 Å². The van der Waals surface area contributed by atoms with Crippen LogP contribution in [-0.2, 0) is 6.54 Å². The lowest BCUT2D eigenvalue weighted by molar-refractivity contribution is 0.0699. The molecule has 0 bridgehead atoms. The highest BCUT2D eigenvalue weighted by Crippen LogP contribution is 2.47. The highest BCUT2D eigenvalue weighted by molar-refractivity contribution is 6.41. The molecule has 0 amide bonds. The number of carboxylic acid groups (broad SMARTS) is 1. The molecule has 0 spiro atoms. The molecular weight excluding hydrogens is 543 g/mol. The van der Waals surface area contributed by atoms with Crippen LogP contribution in [0.25, 0.3) is 22.2 Å². The van der Waals surface area contributed by atoms with E-state index in [9.17, 15) is 9.90 Å². The van der Waals surface area contributed by atoms with Crippen LogP contribution in [0.4, 0.5) is 5.82 Å². The summed E-state index contributed by atoms with van der Waals surface area (Å²) in [5, 5.41) is 13.2. The molecule has 2 aromatic carbocycles. The van der Waals surface area contributed by atoms with E-state index < -0.39 is 5.97 Å². The van der Waals surface area contributed by atoms with Crippen molar-refractivity contribution < 1.29 is 19.4 Å². The van der Waals surface area contributed by atoms with Gasteiger partial charge in [-0.2, -0.15) is 0 Å². The first-order valence-electron chi connectivity index (χ1n) is 12.0. The lowest BCUT2D eigenvalue weighted by Gasteiger charge is -2.26. The first-order chi connectivity index (χ1) is 18.8. The standard InChI is InChI=1S/C17H12Cl2N2O4.C10H16N4/c1-24-10-7-11(25-2)14(19)12(13(10)18)8-3-4-9(17(22)23)16-15(8)20-5-6-21-16;11-10-2-1-9(7-13-10)8-14-5-3-12-4-6-14/h3-7H,1-2H3,(H,22,23);1-2,7,12H,3-6,8H2,(H2,11,13). The highest BCUT2D eigenvalue weighted by atomic mass is 35.5. The molecule has 1 aliphatic rings. The Morgan fingerprint density at radius 3 is 2.21 bits per heavy atom. The lowest BCUT2D eigenvalue weighted by atomic mass is 10.00. The van der Waals surface area contributed by atoms with Gasteiger partial charge in [-0.25, -0.2) is 9.78 Å². The number of carbonyl (C=O) groups is 1. The van der Waals surface area contributed by atoms with Gasteiger partial charge in [0.1, 0.15) is 22.8 Å². The molecule has 1 saturated heterocycles. The zero-order chi connectivity index (χ0) is 27.9. The molecule has 0 saturated carbocycles. The van der Waals surface area contributed by atoms with Crippen molar-refractivity contribution in [2.45, 2.75) is 6.54 Å². The van der Waals surface area contributed by atoms with E-state index in [-0.39, 0.29) is 21.1 Å². The maximum atomic E-state index is 11.4. The molecule has 10 nitrogen and oxygen atoms in total. The van der Waals surface area contributed by atoms with E-state index in [1.54, 1.807) is 12.1 Å². The van der Waals surface area contributed by atoms with Crippen LogP contribution in [0, 0.1) is 0 Å². The van der Waals surface area contributed by atoms with Crippen molar-refractivity contribution in [2.24, 2.45) is 0 Å². The zero-order valence-electron chi connectivity index (χ0n) is 21.4. The molecule has 12 heteroatoms. The van der Waals surface area contributed by atoms with Crippen molar-refractivity contribution in [3.8, 4) is 22.6 Å². The van der Waals surface area contributed by atoms with Gasteiger partial charge in [0.25, 0.3) is 0 Å². The Morgan fingerprint density at radius 2 is 1.64 bits per heavy atom. The predicted octanol–water partition coefficient (Wildman–Crippen LogP) is 4.39. The number of nitrogens with zero attached hydrogens (tertiary/aromatic N) is 4. The maximum Gasteiger partial charge on any atom is 0.337 e. The van der Waals surface area contributed by atoms with Gasteiger partial charge in [0, 0.05) is 68.5 Å². The van der Waals surface area contributed by atoms with Gasteiger partial charge in [-0.3, -0.25) is 14.9 Å². The Bertz CT molecular complexity index is 1440. The van der Waals surface area contributed by atoms with Gasteiger partial charge < -0.3 is 25.6 Å². The van der Waals surface area contributed by atoms with Crippen molar-refractivity contribution in [1.82, 2.24) is 25.2 Å². The summed E-state index contributed by atoms with van der Waals surface area (Å²) in [6.07, 6.45) is 4.75. The molecule has 0 atom stereocenters. The number of methoxy groups -OCH3 is 2. The first kappa shape index (κ1) is 28.3. The van der Waals surface area contributed by atoms with E-state index in [0.29, 0.717) is 34.0 Å². The molecule has 0 unspecified atom stereocenters. The number of nitrogens with one attached hydrogen (secondary N) is 1. The number of pyridine rings is 1. The van der Waals surface area contributed by atoms with Gasteiger partial charge in [-0.15, -0.1) is 0 Å². The molecule has 0 radical (unpaired) electrons. The Balaban J connectivity index is 0.000000212. The van der Waals surface area contributed by atoms with Crippen LogP contribution in [0.2, 0.25) is 10.0 Å². The molecule has 1 aliphatic heterocycles. The minimum atomic E-state index is -1.10. The van der Waals surface area contributed by atoms with Crippen molar-refractivity contribution in [1.29, 1.82) is 0 Å². The summed E-state index contributed by atoms with van der Waals surface area (Å²) in [6, 6.07) is 8.51. The fourth-order valence-corrected chi connectivity index (χ4v) is 4.91. The number of benzene rings is 2. The normalized spacial score (nSPS) is 13.4. The molecular formula is C27H28Cl2N6O4. The number of hydrogen-bond acceptors (Lipinski definition) is 9. The summed E-state index contributed by atoms with van der Waals surface area (Å²) in [6.45, 7) is 5.38. The van der Waals surface area contributed by atoms with Gasteiger partial charge >= 0.3 is 5.97 Å². The van der Waals surface area contributed by atoms with Crippen LogP contribution in [-0.4, -0.2) is 71.3 Å². The van der Waals surface area contributed by atoms with Crippen molar-refractivity contribution in [3.63, 3.8) is 0 Å². The van der Waals surface area contributed by atoms with Crippen LogP contribution in [0.3, 0.4) is 0 Å². The molecule has 3 heterocycles. The summed E-state index contributed by atoms with van der Waals surface area (Å²) in [7, 11) is 2.95. The van der Waals surface area contributed by atoms with Gasteiger partial charge in [0.15, 0.2) is 0 Å². The highest BCUT2D eigenvalue weighted by Gasteiger charge is 2.22. The average Bonchev–Trinajstić information content (AvgIpc) is 2.95. The largest absolute Gasteiger partial charge is 0.495 e. The third-order valence-corrected chi connectivity index (χ3v) is 6.91. The number of hydrogen-bond donors (Lipinski definition) is 3. The second-order valence-corrected chi connectivity index (χ2v) is 9.38. The third kappa shape index (κ3) is 6.48. The number of nitrogens with two attached hydrogens (primary N) is 1. The maximum absolute atomic E-state index is 11.4. The number of fused-ring (bicyclic) bond motifs is 1. The summed E-state index contributed by atoms with van der Waals surface area (Å²) < 4.78 is 10.6. The Hall–Kier alpha value is -3.70. The minimum absolute atomic E-state index is 0.0361. The van der Waals surface area contributed by atoms with Gasteiger partial charge in [0.2, 0.25) is 0 Å². The molecule has 1 fully saturated rings. The van der Waals surface area contributed by atoms with Crippen molar-refractivity contribution >= 4 is 46.0 Å². The van der Waals surface area contributed by atoms with E-state index >= 15 is 0 Å². The smallest absolute Gasteiger partial charge is 0.337 e. The number of carboxylic acids is 1. The summed E-state index contributed by atoms with van der Waals surface area (Å²) >= 11 is 12.9. The first-order valence-corrected chi connectivity index (χ1v) is 12.8. The fourth-order valence-electron chi connectivity index (χ4n) is 4.21. The van der Waals surface area contributed by atoms with E-state index in [1.165, 1.54) is 38.2 Å². The second kappa shape index (κ2) is 12.9. The molecule has 4 N–H and O–H groups in total. The molecule has 39 heavy (non-hydrogen) atoms. The van der Waals surface area contributed by atoms with E-state index in [4.69, 9.17) is 38.4 Å². The number of halogens is 2. The fraction of sp³-hybridized carbons (Fsp3) is 0.259. The molecule has 0 aliphatic carbocycles. The lowest BCUT2D eigenvalue weighted by Crippen LogP contribution is -2.42. The monoisotopic (exact) mass is 570 g/mol.